The monoisotopic (exact) mass is 224 g/mol. The van der Waals surface area contributed by atoms with Crippen LogP contribution < -0.4 is 0 Å². The number of rotatable bonds is 5. The SMILES string of the molecule is CC(C)Cc1ccc(C(CF)C(=O)O)cc1. The highest BCUT2D eigenvalue weighted by Crippen LogP contribution is 2.18. The van der Waals surface area contributed by atoms with Gasteiger partial charge in [-0.3, -0.25) is 4.79 Å². The Bertz CT molecular complexity index is 343. The maximum absolute atomic E-state index is 12.5. The molecule has 0 aliphatic carbocycles. The van der Waals surface area contributed by atoms with Crippen LogP contribution in [0, 0.1) is 5.92 Å². The van der Waals surface area contributed by atoms with Crippen LogP contribution >= 0.6 is 0 Å². The van der Waals surface area contributed by atoms with Crippen molar-refractivity contribution < 1.29 is 14.3 Å². The molecule has 0 saturated carbocycles. The van der Waals surface area contributed by atoms with Gasteiger partial charge in [0.2, 0.25) is 0 Å². The highest BCUT2D eigenvalue weighted by molar-refractivity contribution is 5.76. The molecule has 3 heteroatoms. The van der Waals surface area contributed by atoms with Gasteiger partial charge in [0.05, 0.1) is 0 Å². The molecule has 2 nitrogen and oxygen atoms in total. The third kappa shape index (κ3) is 3.33. The summed E-state index contributed by atoms with van der Waals surface area (Å²) in [5.74, 6) is -1.59. The van der Waals surface area contributed by atoms with Gasteiger partial charge in [-0.15, -0.1) is 0 Å². The molecule has 0 aliphatic heterocycles. The van der Waals surface area contributed by atoms with Crippen molar-refractivity contribution in [3.05, 3.63) is 35.4 Å². The number of hydrogen-bond donors (Lipinski definition) is 1. The minimum absolute atomic E-state index is 0.530. The van der Waals surface area contributed by atoms with Crippen molar-refractivity contribution in [2.45, 2.75) is 26.2 Å². The van der Waals surface area contributed by atoms with Gasteiger partial charge in [0.25, 0.3) is 0 Å². The number of alkyl halides is 1. The van der Waals surface area contributed by atoms with Crippen molar-refractivity contribution in [1.82, 2.24) is 0 Å². The largest absolute Gasteiger partial charge is 0.481 e. The van der Waals surface area contributed by atoms with Crippen LogP contribution in [0.4, 0.5) is 4.39 Å². The Morgan fingerprint density at radius 3 is 2.25 bits per heavy atom. The van der Waals surface area contributed by atoms with Gasteiger partial charge in [0.1, 0.15) is 12.6 Å². The second-order valence-corrected chi connectivity index (χ2v) is 4.38. The van der Waals surface area contributed by atoms with E-state index in [9.17, 15) is 9.18 Å². The predicted molar refractivity (Wildman–Crippen MR) is 61.3 cm³/mol. The zero-order valence-corrected chi connectivity index (χ0v) is 9.61. The third-order valence-electron chi connectivity index (χ3n) is 2.48. The lowest BCUT2D eigenvalue weighted by molar-refractivity contribution is -0.139. The van der Waals surface area contributed by atoms with E-state index in [4.69, 9.17) is 5.11 Å². The molecule has 0 aromatic heterocycles. The Morgan fingerprint density at radius 1 is 1.31 bits per heavy atom. The van der Waals surface area contributed by atoms with Crippen LogP contribution in [0.2, 0.25) is 0 Å². The molecule has 1 aromatic carbocycles. The fraction of sp³-hybridized carbons (Fsp3) is 0.462. The second kappa shape index (κ2) is 5.64. The first-order valence-corrected chi connectivity index (χ1v) is 5.42. The van der Waals surface area contributed by atoms with Crippen molar-refractivity contribution in [3.63, 3.8) is 0 Å². The second-order valence-electron chi connectivity index (χ2n) is 4.38. The summed E-state index contributed by atoms with van der Waals surface area (Å²) in [4.78, 5) is 10.8. The van der Waals surface area contributed by atoms with E-state index in [0.717, 1.165) is 12.0 Å². The number of halogens is 1. The van der Waals surface area contributed by atoms with E-state index in [1.165, 1.54) is 0 Å². The number of hydrogen-bond acceptors (Lipinski definition) is 1. The first-order chi connectivity index (χ1) is 7.54. The fourth-order valence-corrected chi connectivity index (χ4v) is 1.66. The molecule has 1 N–H and O–H groups in total. The molecule has 0 fully saturated rings. The summed E-state index contributed by atoms with van der Waals surface area (Å²) in [6, 6.07) is 7.16. The Morgan fingerprint density at radius 2 is 1.88 bits per heavy atom. The van der Waals surface area contributed by atoms with Crippen molar-refractivity contribution in [2.24, 2.45) is 5.92 Å². The molecule has 0 saturated heterocycles. The van der Waals surface area contributed by atoms with Gasteiger partial charge in [-0.1, -0.05) is 38.1 Å². The zero-order valence-electron chi connectivity index (χ0n) is 9.61. The number of aliphatic carboxylic acids is 1. The Hall–Kier alpha value is -1.38. The quantitative estimate of drug-likeness (QED) is 0.834. The molecule has 88 valence electrons. The van der Waals surface area contributed by atoms with E-state index >= 15 is 0 Å². The van der Waals surface area contributed by atoms with Gasteiger partial charge < -0.3 is 5.11 Å². The molecule has 0 aliphatic rings. The maximum atomic E-state index is 12.5. The maximum Gasteiger partial charge on any atom is 0.313 e. The van der Waals surface area contributed by atoms with Crippen LogP contribution in [-0.2, 0) is 11.2 Å². The van der Waals surface area contributed by atoms with Crippen molar-refractivity contribution in [2.75, 3.05) is 6.67 Å². The zero-order chi connectivity index (χ0) is 12.1. The predicted octanol–water partition coefficient (Wildman–Crippen LogP) is 3.02. The number of carboxylic acid groups (broad SMARTS) is 1. The van der Waals surface area contributed by atoms with E-state index in [0.29, 0.717) is 11.5 Å². The molecule has 1 unspecified atom stereocenters. The van der Waals surface area contributed by atoms with Gasteiger partial charge >= 0.3 is 5.97 Å². The number of carboxylic acids is 1. The molecular weight excluding hydrogens is 207 g/mol. The molecular formula is C13H17FO2. The van der Waals surface area contributed by atoms with Crippen molar-refractivity contribution in [3.8, 4) is 0 Å². The van der Waals surface area contributed by atoms with Crippen LogP contribution in [0.25, 0.3) is 0 Å². The Balaban J connectivity index is 2.81. The average molecular weight is 224 g/mol. The smallest absolute Gasteiger partial charge is 0.313 e. The molecule has 1 rings (SSSR count). The molecule has 16 heavy (non-hydrogen) atoms. The number of carbonyl (C=O) groups is 1. The van der Waals surface area contributed by atoms with Crippen LogP contribution in [0.3, 0.4) is 0 Å². The summed E-state index contributed by atoms with van der Waals surface area (Å²) >= 11 is 0. The van der Waals surface area contributed by atoms with Crippen LogP contribution in [0.1, 0.15) is 30.9 Å². The molecule has 0 radical (unpaired) electrons. The topological polar surface area (TPSA) is 37.3 Å². The summed E-state index contributed by atoms with van der Waals surface area (Å²) < 4.78 is 12.5. The summed E-state index contributed by atoms with van der Waals surface area (Å²) in [6.07, 6.45) is 0.952. The Labute approximate surface area is 95.1 Å². The van der Waals surface area contributed by atoms with E-state index in [1.807, 2.05) is 12.1 Å². The minimum Gasteiger partial charge on any atom is -0.481 e. The Kier molecular flexibility index (Phi) is 4.47. The van der Waals surface area contributed by atoms with Crippen molar-refractivity contribution >= 4 is 5.97 Å². The normalized spacial score (nSPS) is 12.8. The van der Waals surface area contributed by atoms with Gasteiger partial charge in [-0.05, 0) is 23.5 Å². The van der Waals surface area contributed by atoms with E-state index in [2.05, 4.69) is 13.8 Å². The van der Waals surface area contributed by atoms with Crippen LogP contribution in [0.15, 0.2) is 24.3 Å². The van der Waals surface area contributed by atoms with Crippen LogP contribution in [0.5, 0.6) is 0 Å². The number of benzene rings is 1. The van der Waals surface area contributed by atoms with Gasteiger partial charge in [-0.2, -0.15) is 0 Å². The molecule has 0 bridgehead atoms. The molecule has 1 aromatic rings. The standard InChI is InChI=1S/C13H17FO2/c1-9(2)7-10-3-5-11(6-4-10)12(8-14)13(15)16/h3-6,9,12H,7-8H2,1-2H3,(H,15,16). The summed E-state index contributed by atoms with van der Waals surface area (Å²) in [6.45, 7) is 3.38. The summed E-state index contributed by atoms with van der Waals surface area (Å²) in [5.41, 5.74) is 1.68. The minimum atomic E-state index is -1.11. The first kappa shape index (κ1) is 12.7. The summed E-state index contributed by atoms with van der Waals surface area (Å²) in [5, 5.41) is 8.80. The first-order valence-electron chi connectivity index (χ1n) is 5.42. The van der Waals surface area contributed by atoms with E-state index < -0.39 is 18.6 Å². The lowest BCUT2D eigenvalue weighted by Gasteiger charge is -2.10. The molecule has 0 amide bonds. The average Bonchev–Trinajstić information content (AvgIpc) is 2.20. The van der Waals surface area contributed by atoms with Crippen molar-refractivity contribution in [1.29, 1.82) is 0 Å². The molecule has 1 atom stereocenters. The highest BCUT2D eigenvalue weighted by atomic mass is 19.1. The van der Waals surface area contributed by atoms with E-state index in [1.54, 1.807) is 12.1 Å². The highest BCUT2D eigenvalue weighted by Gasteiger charge is 2.19. The third-order valence-corrected chi connectivity index (χ3v) is 2.48. The van der Waals surface area contributed by atoms with Gasteiger partial charge in [0, 0.05) is 0 Å². The van der Waals surface area contributed by atoms with Gasteiger partial charge in [-0.25, -0.2) is 4.39 Å². The lowest BCUT2D eigenvalue weighted by Crippen LogP contribution is -2.13. The molecule has 0 heterocycles. The molecule has 0 spiro atoms. The van der Waals surface area contributed by atoms with E-state index in [-0.39, 0.29) is 0 Å². The van der Waals surface area contributed by atoms with Gasteiger partial charge in [0.15, 0.2) is 0 Å². The lowest BCUT2D eigenvalue weighted by atomic mass is 9.96. The van der Waals surface area contributed by atoms with Crippen LogP contribution in [-0.4, -0.2) is 17.8 Å². The summed E-state index contributed by atoms with van der Waals surface area (Å²) in [7, 11) is 0. The fourth-order valence-electron chi connectivity index (χ4n) is 1.66.